The molecule has 0 amide bonds. The summed E-state index contributed by atoms with van der Waals surface area (Å²) in [5, 5.41) is 9.65. The summed E-state index contributed by atoms with van der Waals surface area (Å²) >= 11 is 0. The molecule has 0 aliphatic rings. The third-order valence-electron chi connectivity index (χ3n) is 12.1. The van der Waals surface area contributed by atoms with Gasteiger partial charge in [-0.15, -0.1) is 0 Å². The number of allylic oxidation sites excluding steroid dienone is 18. The average Bonchev–Trinajstić information content (AvgIpc) is 3.34. The summed E-state index contributed by atoms with van der Waals surface area (Å²) in [5.74, 6) is -0.601. The molecule has 1 N–H and O–H groups in total. The highest BCUT2D eigenvalue weighted by Gasteiger charge is 2.16. The summed E-state index contributed by atoms with van der Waals surface area (Å²) in [4.78, 5) is 24.5. The molecular weight excluding hydrogens is 837 g/mol. The molecule has 5 heteroatoms. The Labute approximate surface area is 421 Å². The Morgan fingerprint density at radius 3 is 0.882 bits per heavy atom. The van der Waals surface area contributed by atoms with Crippen LogP contribution in [0.1, 0.15) is 258 Å². The maximum absolute atomic E-state index is 12.3. The quantitative estimate of drug-likeness (QED) is 0.0374. The maximum atomic E-state index is 12.3. The molecule has 0 bridgehead atoms. The van der Waals surface area contributed by atoms with Gasteiger partial charge in [0.05, 0.1) is 6.61 Å². The Morgan fingerprint density at radius 1 is 0.338 bits per heavy atom. The number of ether oxygens (including phenoxy) is 2. The zero-order chi connectivity index (χ0) is 49.2. The molecule has 0 saturated heterocycles. The topological polar surface area (TPSA) is 72.8 Å². The largest absolute Gasteiger partial charge is 0.462 e. The normalized spacial score (nSPS) is 13.0. The zero-order valence-corrected chi connectivity index (χ0v) is 44.3. The highest BCUT2D eigenvalue weighted by molar-refractivity contribution is 5.70. The van der Waals surface area contributed by atoms with Crippen molar-refractivity contribution < 1.29 is 24.2 Å². The van der Waals surface area contributed by atoms with E-state index in [2.05, 4.69) is 123 Å². The SMILES string of the molecule is CC/C=C\C/C=C\C/C=C\C/C=C\C/C=C\CCCCCCCCCC(=O)OC(CO)COC(=O)CCCCCCCCCCCCCCCCCCCC/C=C\C/C=C\C/C=C\C/C=C\CC. The van der Waals surface area contributed by atoms with Gasteiger partial charge in [-0.2, -0.15) is 0 Å². The minimum Gasteiger partial charge on any atom is -0.462 e. The van der Waals surface area contributed by atoms with Crippen LogP contribution in [-0.2, 0) is 19.1 Å². The van der Waals surface area contributed by atoms with Gasteiger partial charge >= 0.3 is 11.9 Å². The highest BCUT2D eigenvalue weighted by Crippen LogP contribution is 2.16. The van der Waals surface area contributed by atoms with Crippen molar-refractivity contribution >= 4 is 11.9 Å². The van der Waals surface area contributed by atoms with Crippen molar-refractivity contribution in [3.8, 4) is 0 Å². The Hall–Kier alpha value is -3.44. The summed E-state index contributed by atoms with van der Waals surface area (Å²) in [7, 11) is 0. The van der Waals surface area contributed by atoms with Crippen LogP contribution in [0.3, 0.4) is 0 Å². The van der Waals surface area contributed by atoms with E-state index in [-0.39, 0.29) is 25.2 Å². The van der Waals surface area contributed by atoms with Gasteiger partial charge in [-0.1, -0.05) is 258 Å². The Morgan fingerprint density at radius 2 is 0.588 bits per heavy atom. The molecule has 388 valence electrons. The molecule has 1 atom stereocenters. The van der Waals surface area contributed by atoms with E-state index in [1.54, 1.807) is 0 Å². The van der Waals surface area contributed by atoms with Crippen LogP contribution in [0.2, 0.25) is 0 Å². The number of aliphatic hydroxyl groups excluding tert-OH is 1. The lowest BCUT2D eigenvalue weighted by Crippen LogP contribution is -2.28. The minimum atomic E-state index is -0.784. The van der Waals surface area contributed by atoms with Crippen LogP contribution in [0.15, 0.2) is 109 Å². The first-order chi connectivity index (χ1) is 33.6. The molecule has 1 unspecified atom stereocenters. The lowest BCUT2D eigenvalue weighted by atomic mass is 10.0. The number of carbonyl (C=O) groups excluding carboxylic acids is 2. The van der Waals surface area contributed by atoms with Crippen molar-refractivity contribution in [3.63, 3.8) is 0 Å². The van der Waals surface area contributed by atoms with Crippen LogP contribution < -0.4 is 0 Å². The van der Waals surface area contributed by atoms with Crippen molar-refractivity contribution in [2.45, 2.75) is 264 Å². The predicted molar refractivity (Wildman–Crippen MR) is 297 cm³/mol. The van der Waals surface area contributed by atoms with E-state index in [4.69, 9.17) is 9.47 Å². The first-order valence-corrected chi connectivity index (χ1v) is 28.4. The van der Waals surface area contributed by atoms with Gasteiger partial charge in [0, 0.05) is 12.8 Å². The summed E-state index contributed by atoms with van der Waals surface area (Å²) in [6.07, 6.45) is 83.5. The Balaban J connectivity index is 3.50. The first-order valence-electron chi connectivity index (χ1n) is 28.4. The molecule has 0 aromatic rings. The van der Waals surface area contributed by atoms with Crippen LogP contribution >= 0.6 is 0 Å². The average molecular weight is 944 g/mol. The van der Waals surface area contributed by atoms with Crippen molar-refractivity contribution in [2.24, 2.45) is 0 Å². The Kier molecular flexibility index (Phi) is 54.9. The van der Waals surface area contributed by atoms with Gasteiger partial charge in [0.1, 0.15) is 6.61 Å². The number of esters is 2. The maximum Gasteiger partial charge on any atom is 0.306 e. The fraction of sp³-hybridized carbons (Fsp3) is 0.683. The number of carbonyl (C=O) groups is 2. The molecule has 0 radical (unpaired) electrons. The zero-order valence-electron chi connectivity index (χ0n) is 44.3. The van der Waals surface area contributed by atoms with Gasteiger partial charge in [0.15, 0.2) is 6.10 Å². The van der Waals surface area contributed by atoms with Crippen molar-refractivity contribution in [1.29, 1.82) is 0 Å². The van der Waals surface area contributed by atoms with E-state index >= 15 is 0 Å². The molecule has 5 nitrogen and oxygen atoms in total. The summed E-state index contributed by atoms with van der Waals surface area (Å²) < 4.78 is 10.7. The summed E-state index contributed by atoms with van der Waals surface area (Å²) in [6.45, 7) is 3.92. The van der Waals surface area contributed by atoms with Crippen LogP contribution in [0.5, 0.6) is 0 Å². The van der Waals surface area contributed by atoms with Gasteiger partial charge in [-0.25, -0.2) is 0 Å². The molecule has 0 fully saturated rings. The smallest absolute Gasteiger partial charge is 0.306 e. The first kappa shape index (κ1) is 64.6. The van der Waals surface area contributed by atoms with Crippen molar-refractivity contribution in [1.82, 2.24) is 0 Å². The number of hydrogen-bond donors (Lipinski definition) is 1. The third-order valence-corrected chi connectivity index (χ3v) is 12.1. The standard InChI is InChI=1S/C63H106O5/c1-3-5-7-9-11-13-15-17-19-21-23-25-27-28-29-30-31-32-33-34-36-37-39-41-43-45-47-49-51-53-55-57-62(65)67-60-61(59-64)68-63(66)58-56-54-52-50-48-46-44-42-40-38-35-26-24-22-20-18-16-14-12-10-8-6-4-2/h5-8,11-14,17-20,23-26,38,40,61,64H,3-4,9-10,15-16,21-22,27-37,39,41-60H2,1-2H3/b7-5-,8-6-,13-11-,14-12-,19-17-,20-18-,25-23-,26-24-,40-38-. The van der Waals surface area contributed by atoms with E-state index in [0.717, 1.165) is 103 Å². The molecular formula is C63H106O5. The van der Waals surface area contributed by atoms with Gasteiger partial charge in [-0.3, -0.25) is 9.59 Å². The van der Waals surface area contributed by atoms with Gasteiger partial charge in [0.25, 0.3) is 0 Å². The van der Waals surface area contributed by atoms with Gasteiger partial charge in [0.2, 0.25) is 0 Å². The highest BCUT2D eigenvalue weighted by atomic mass is 16.6. The fourth-order valence-corrected chi connectivity index (χ4v) is 7.87. The third kappa shape index (κ3) is 55.2. The molecule has 0 aromatic carbocycles. The monoisotopic (exact) mass is 943 g/mol. The number of rotatable bonds is 51. The van der Waals surface area contributed by atoms with Crippen LogP contribution in [0.25, 0.3) is 0 Å². The second-order valence-corrected chi connectivity index (χ2v) is 18.6. The molecule has 68 heavy (non-hydrogen) atoms. The predicted octanol–water partition coefficient (Wildman–Crippen LogP) is 19.3. The lowest BCUT2D eigenvalue weighted by Gasteiger charge is -2.15. The summed E-state index contributed by atoms with van der Waals surface area (Å²) in [6, 6.07) is 0. The fourth-order valence-electron chi connectivity index (χ4n) is 7.87. The van der Waals surface area contributed by atoms with E-state index in [9.17, 15) is 14.7 Å². The number of aliphatic hydroxyl groups is 1. The van der Waals surface area contributed by atoms with E-state index in [1.165, 1.54) is 128 Å². The molecule has 0 aliphatic carbocycles. The molecule has 0 saturated carbocycles. The summed E-state index contributed by atoms with van der Waals surface area (Å²) in [5.41, 5.74) is 0. The molecule has 0 spiro atoms. The number of hydrogen-bond acceptors (Lipinski definition) is 5. The molecule has 0 aromatic heterocycles. The van der Waals surface area contributed by atoms with Crippen molar-refractivity contribution in [3.05, 3.63) is 109 Å². The van der Waals surface area contributed by atoms with Crippen LogP contribution in [0.4, 0.5) is 0 Å². The van der Waals surface area contributed by atoms with Gasteiger partial charge < -0.3 is 14.6 Å². The van der Waals surface area contributed by atoms with E-state index < -0.39 is 6.10 Å². The van der Waals surface area contributed by atoms with Gasteiger partial charge in [-0.05, 0) is 96.3 Å². The van der Waals surface area contributed by atoms with Crippen molar-refractivity contribution in [2.75, 3.05) is 13.2 Å². The Bertz CT molecular complexity index is 1340. The number of unbranched alkanes of at least 4 members (excludes halogenated alkanes) is 25. The van der Waals surface area contributed by atoms with E-state index in [0.29, 0.717) is 12.8 Å². The second-order valence-electron chi connectivity index (χ2n) is 18.6. The van der Waals surface area contributed by atoms with E-state index in [1.807, 2.05) is 0 Å². The van der Waals surface area contributed by atoms with Crippen LogP contribution in [0, 0.1) is 0 Å². The molecule has 0 aliphatic heterocycles. The second kappa shape index (κ2) is 57.9. The molecule has 0 heterocycles. The van der Waals surface area contributed by atoms with Crippen LogP contribution in [-0.4, -0.2) is 36.4 Å². The minimum absolute atomic E-state index is 0.0741. The lowest BCUT2D eigenvalue weighted by molar-refractivity contribution is -0.161. The molecule has 0 rings (SSSR count).